The first kappa shape index (κ1) is 12.4. The zero-order valence-corrected chi connectivity index (χ0v) is 13.0. The van der Waals surface area contributed by atoms with Gasteiger partial charge in [0.05, 0.1) is 9.83 Å². The van der Waals surface area contributed by atoms with E-state index >= 15 is 0 Å². The van der Waals surface area contributed by atoms with Gasteiger partial charge in [0.25, 0.3) is 0 Å². The van der Waals surface area contributed by atoms with Gasteiger partial charge in [0.1, 0.15) is 0 Å². The first-order valence-electron chi connectivity index (χ1n) is 5.68. The Morgan fingerprint density at radius 3 is 2.78 bits per heavy atom. The first-order chi connectivity index (χ1) is 8.79. The number of thiophene rings is 2. The molecule has 0 saturated heterocycles. The summed E-state index contributed by atoms with van der Waals surface area (Å²) in [6.45, 7) is 0. The fourth-order valence-electron chi connectivity index (χ4n) is 2.18. The van der Waals surface area contributed by atoms with E-state index in [1.54, 1.807) is 11.3 Å². The third kappa shape index (κ3) is 2.14. The van der Waals surface area contributed by atoms with Gasteiger partial charge < -0.3 is 5.32 Å². The molecular weight excluding hydrogens is 326 g/mol. The molecule has 0 aliphatic carbocycles. The first-order valence-corrected chi connectivity index (χ1v) is 8.17. The van der Waals surface area contributed by atoms with E-state index < -0.39 is 0 Å². The molecule has 0 amide bonds. The largest absolute Gasteiger partial charge is 0.309 e. The lowest BCUT2D eigenvalue weighted by atomic mass is 10.0. The minimum Gasteiger partial charge on any atom is -0.309 e. The van der Waals surface area contributed by atoms with Crippen LogP contribution in [0, 0.1) is 0 Å². The maximum absolute atomic E-state index is 3.54. The standard InChI is InChI=1S/C14H12BrNS2/c1-16-13(11-5-6-12(15)18-11)10-4-2-3-9-7-8-17-14(9)10/h2-8,13,16H,1H3. The molecule has 1 aromatic carbocycles. The van der Waals surface area contributed by atoms with Crippen molar-refractivity contribution in [2.24, 2.45) is 0 Å². The van der Waals surface area contributed by atoms with Crippen LogP contribution < -0.4 is 5.32 Å². The van der Waals surface area contributed by atoms with E-state index in [0.717, 1.165) is 0 Å². The maximum Gasteiger partial charge on any atom is 0.0702 e. The molecule has 1 nitrogen and oxygen atoms in total. The van der Waals surface area contributed by atoms with Crippen molar-refractivity contribution < 1.29 is 0 Å². The summed E-state index contributed by atoms with van der Waals surface area (Å²) >= 11 is 7.14. The molecule has 1 atom stereocenters. The van der Waals surface area contributed by atoms with Crippen molar-refractivity contribution in [3.8, 4) is 0 Å². The van der Waals surface area contributed by atoms with Crippen molar-refractivity contribution in [3.05, 3.63) is 56.0 Å². The van der Waals surface area contributed by atoms with Crippen LogP contribution in [0.4, 0.5) is 0 Å². The molecule has 1 unspecified atom stereocenters. The minimum atomic E-state index is 0.267. The van der Waals surface area contributed by atoms with Crippen molar-refractivity contribution in [2.75, 3.05) is 7.05 Å². The Bertz CT molecular complexity index is 671. The molecule has 0 saturated carbocycles. The number of fused-ring (bicyclic) bond motifs is 1. The average molecular weight is 338 g/mol. The molecule has 0 bridgehead atoms. The van der Waals surface area contributed by atoms with Gasteiger partial charge in [-0.25, -0.2) is 0 Å². The van der Waals surface area contributed by atoms with Crippen LogP contribution in [0.3, 0.4) is 0 Å². The summed E-state index contributed by atoms with van der Waals surface area (Å²) in [5.74, 6) is 0. The van der Waals surface area contributed by atoms with Crippen LogP contribution in [0.2, 0.25) is 0 Å². The zero-order valence-electron chi connectivity index (χ0n) is 9.81. The molecular formula is C14H12BrNS2. The number of benzene rings is 1. The van der Waals surface area contributed by atoms with Gasteiger partial charge in [0, 0.05) is 9.58 Å². The molecule has 92 valence electrons. The molecule has 3 rings (SSSR count). The highest BCUT2D eigenvalue weighted by Gasteiger charge is 2.16. The van der Waals surface area contributed by atoms with E-state index in [1.165, 1.54) is 24.3 Å². The molecule has 2 heterocycles. The minimum absolute atomic E-state index is 0.267. The zero-order chi connectivity index (χ0) is 12.5. The van der Waals surface area contributed by atoms with Gasteiger partial charge in [-0.05, 0) is 57.5 Å². The van der Waals surface area contributed by atoms with Gasteiger partial charge in [-0.1, -0.05) is 18.2 Å². The Labute approximate surface area is 123 Å². The Kier molecular flexibility index (Phi) is 3.52. The molecule has 0 aliphatic heterocycles. The van der Waals surface area contributed by atoms with E-state index in [2.05, 4.69) is 63.0 Å². The quantitative estimate of drug-likeness (QED) is 0.706. The fraction of sp³-hybridized carbons (Fsp3) is 0.143. The van der Waals surface area contributed by atoms with Crippen molar-refractivity contribution >= 4 is 48.7 Å². The van der Waals surface area contributed by atoms with Gasteiger partial charge in [-0.3, -0.25) is 0 Å². The summed E-state index contributed by atoms with van der Waals surface area (Å²) in [6, 6.07) is 13.3. The summed E-state index contributed by atoms with van der Waals surface area (Å²) in [7, 11) is 2.02. The molecule has 3 aromatic rings. The second-order valence-corrected chi connectivity index (χ2v) is 7.46. The molecule has 0 spiro atoms. The van der Waals surface area contributed by atoms with Crippen LogP contribution in [-0.4, -0.2) is 7.05 Å². The van der Waals surface area contributed by atoms with E-state index in [1.807, 2.05) is 18.4 Å². The normalized spacial score (nSPS) is 13.0. The van der Waals surface area contributed by atoms with Crippen molar-refractivity contribution in [2.45, 2.75) is 6.04 Å². The van der Waals surface area contributed by atoms with Crippen LogP contribution in [0.1, 0.15) is 16.5 Å². The molecule has 18 heavy (non-hydrogen) atoms. The lowest BCUT2D eigenvalue weighted by Gasteiger charge is -2.16. The summed E-state index contributed by atoms with van der Waals surface area (Å²) < 4.78 is 2.55. The molecule has 1 N–H and O–H groups in total. The highest BCUT2D eigenvalue weighted by molar-refractivity contribution is 9.11. The van der Waals surface area contributed by atoms with Gasteiger partial charge in [-0.15, -0.1) is 22.7 Å². The predicted octanol–water partition coefficient (Wildman–Crippen LogP) is 5.03. The van der Waals surface area contributed by atoms with Crippen LogP contribution >= 0.6 is 38.6 Å². The second-order valence-electron chi connectivity index (χ2n) is 4.05. The fourth-order valence-corrected chi connectivity index (χ4v) is 4.68. The molecule has 0 fully saturated rings. The van der Waals surface area contributed by atoms with Crippen molar-refractivity contribution in [1.29, 1.82) is 0 Å². The molecule has 2 aromatic heterocycles. The highest BCUT2D eigenvalue weighted by Crippen LogP contribution is 2.36. The van der Waals surface area contributed by atoms with Gasteiger partial charge in [-0.2, -0.15) is 0 Å². The number of nitrogens with one attached hydrogen (secondary N) is 1. The Morgan fingerprint density at radius 1 is 1.17 bits per heavy atom. The van der Waals surface area contributed by atoms with Crippen molar-refractivity contribution in [3.63, 3.8) is 0 Å². The lowest BCUT2D eigenvalue weighted by molar-refractivity contribution is 0.710. The van der Waals surface area contributed by atoms with Crippen LogP contribution in [0.15, 0.2) is 45.6 Å². The summed E-state index contributed by atoms with van der Waals surface area (Å²) in [4.78, 5) is 1.34. The second kappa shape index (κ2) is 5.13. The third-order valence-electron chi connectivity index (χ3n) is 2.99. The summed E-state index contributed by atoms with van der Waals surface area (Å²) in [5.41, 5.74) is 1.36. The monoisotopic (exact) mass is 337 g/mol. The summed E-state index contributed by atoms with van der Waals surface area (Å²) in [6.07, 6.45) is 0. The van der Waals surface area contributed by atoms with Crippen LogP contribution in [0.5, 0.6) is 0 Å². The SMILES string of the molecule is CNC(c1ccc(Br)s1)c1cccc2ccsc12. The number of hydrogen-bond acceptors (Lipinski definition) is 3. The third-order valence-corrected chi connectivity index (χ3v) is 5.66. The predicted molar refractivity (Wildman–Crippen MR) is 84.7 cm³/mol. The van der Waals surface area contributed by atoms with Crippen molar-refractivity contribution in [1.82, 2.24) is 5.32 Å². The van der Waals surface area contributed by atoms with E-state index in [9.17, 15) is 0 Å². The molecule has 4 heteroatoms. The Morgan fingerprint density at radius 2 is 2.06 bits per heavy atom. The number of halogens is 1. The summed E-state index contributed by atoms with van der Waals surface area (Å²) in [5, 5.41) is 6.91. The smallest absolute Gasteiger partial charge is 0.0702 e. The molecule has 0 radical (unpaired) electrons. The van der Waals surface area contributed by atoms with Crippen LogP contribution in [-0.2, 0) is 0 Å². The average Bonchev–Trinajstić information content (AvgIpc) is 2.99. The highest BCUT2D eigenvalue weighted by atomic mass is 79.9. The van der Waals surface area contributed by atoms with E-state index in [-0.39, 0.29) is 6.04 Å². The van der Waals surface area contributed by atoms with Crippen LogP contribution in [0.25, 0.3) is 10.1 Å². The van der Waals surface area contributed by atoms with Gasteiger partial charge >= 0.3 is 0 Å². The number of hydrogen-bond donors (Lipinski definition) is 1. The van der Waals surface area contributed by atoms with Gasteiger partial charge in [0.15, 0.2) is 0 Å². The van der Waals surface area contributed by atoms with E-state index in [4.69, 9.17) is 0 Å². The van der Waals surface area contributed by atoms with Gasteiger partial charge in [0.2, 0.25) is 0 Å². The molecule has 0 aliphatic rings. The Hall–Kier alpha value is -0.680. The van der Waals surface area contributed by atoms with E-state index in [0.29, 0.717) is 0 Å². The lowest BCUT2D eigenvalue weighted by Crippen LogP contribution is -2.16. The Balaban J connectivity index is 2.14. The topological polar surface area (TPSA) is 12.0 Å². The maximum atomic E-state index is 3.54. The number of rotatable bonds is 3.